The van der Waals surface area contributed by atoms with Crippen LogP contribution in [0.15, 0.2) is 28.2 Å². The van der Waals surface area contributed by atoms with Gasteiger partial charge in [-0.3, -0.25) is 0 Å². The van der Waals surface area contributed by atoms with E-state index in [1.807, 2.05) is 33.8 Å². The van der Waals surface area contributed by atoms with Crippen LogP contribution in [-0.4, -0.2) is 14.1 Å². The third-order valence-corrected chi connectivity index (χ3v) is 4.65. The van der Waals surface area contributed by atoms with Crippen LogP contribution in [-0.2, 0) is 10.0 Å². The number of sulfonamides is 1. The van der Waals surface area contributed by atoms with Gasteiger partial charge in [0, 0.05) is 5.71 Å². The fourth-order valence-electron chi connectivity index (χ4n) is 1.58. The van der Waals surface area contributed by atoms with E-state index in [0.29, 0.717) is 0 Å². The van der Waals surface area contributed by atoms with Crippen LogP contribution in [0.1, 0.15) is 38.3 Å². The van der Waals surface area contributed by atoms with Crippen molar-refractivity contribution in [3.8, 4) is 0 Å². The summed E-state index contributed by atoms with van der Waals surface area (Å²) in [6, 6.07) is 5.35. The molecular formula is C14H22N2O2S. The van der Waals surface area contributed by atoms with Gasteiger partial charge in [0.05, 0.1) is 4.90 Å². The van der Waals surface area contributed by atoms with Crippen molar-refractivity contribution in [1.29, 1.82) is 0 Å². The van der Waals surface area contributed by atoms with E-state index in [0.717, 1.165) is 23.3 Å². The van der Waals surface area contributed by atoms with E-state index >= 15 is 0 Å². The van der Waals surface area contributed by atoms with Crippen LogP contribution < -0.4 is 4.83 Å². The zero-order valence-corrected chi connectivity index (χ0v) is 13.0. The third kappa shape index (κ3) is 4.06. The lowest BCUT2D eigenvalue weighted by atomic mass is 10.1. The van der Waals surface area contributed by atoms with E-state index in [1.165, 1.54) is 0 Å². The molecule has 0 saturated carbocycles. The van der Waals surface area contributed by atoms with Crippen LogP contribution in [0.2, 0.25) is 0 Å². The number of aryl methyl sites for hydroxylation is 2. The Hall–Kier alpha value is -1.36. The monoisotopic (exact) mass is 282 g/mol. The number of rotatable bonds is 5. The van der Waals surface area contributed by atoms with Crippen LogP contribution >= 0.6 is 0 Å². The second-order valence-electron chi connectivity index (χ2n) is 4.93. The predicted molar refractivity (Wildman–Crippen MR) is 78.8 cm³/mol. The number of nitrogens with zero attached hydrogens (tertiary/aromatic N) is 1. The summed E-state index contributed by atoms with van der Waals surface area (Å²) < 4.78 is 24.4. The van der Waals surface area contributed by atoms with Gasteiger partial charge < -0.3 is 0 Å². The molecule has 0 aliphatic rings. The molecule has 1 aromatic rings. The van der Waals surface area contributed by atoms with Gasteiger partial charge in [-0.2, -0.15) is 13.5 Å². The molecule has 0 fully saturated rings. The van der Waals surface area contributed by atoms with E-state index in [9.17, 15) is 8.42 Å². The number of hydrazone groups is 1. The summed E-state index contributed by atoms with van der Waals surface area (Å²) in [5.41, 5.74) is 2.42. The molecule has 4 nitrogen and oxygen atoms in total. The van der Waals surface area contributed by atoms with Gasteiger partial charge in [0.1, 0.15) is 0 Å². The Labute approximate surface area is 116 Å². The molecule has 1 rings (SSSR count). The van der Waals surface area contributed by atoms with Crippen molar-refractivity contribution in [1.82, 2.24) is 4.83 Å². The van der Waals surface area contributed by atoms with Crippen LogP contribution in [0.4, 0.5) is 0 Å². The normalized spacial score (nSPS) is 14.3. The van der Waals surface area contributed by atoms with Gasteiger partial charge >= 0.3 is 0 Å². The molecule has 0 heterocycles. The third-order valence-electron chi connectivity index (χ3n) is 3.30. The summed E-state index contributed by atoms with van der Waals surface area (Å²) >= 11 is 0. The largest absolute Gasteiger partial charge is 0.276 e. The molecule has 0 radical (unpaired) electrons. The SMILES string of the molecule is CC[C@@H](C)/C(C)=N\NS(=O)(=O)c1cc(C)ccc1C. The Morgan fingerprint density at radius 2 is 2.00 bits per heavy atom. The molecule has 0 aliphatic heterocycles. The van der Waals surface area contributed by atoms with Gasteiger partial charge in [-0.05, 0) is 50.3 Å². The van der Waals surface area contributed by atoms with Gasteiger partial charge in [0.2, 0.25) is 0 Å². The van der Waals surface area contributed by atoms with Gasteiger partial charge in [-0.1, -0.05) is 26.0 Å². The molecule has 106 valence electrons. The van der Waals surface area contributed by atoms with Crippen molar-refractivity contribution in [3.05, 3.63) is 29.3 Å². The van der Waals surface area contributed by atoms with Gasteiger partial charge in [0.25, 0.3) is 10.0 Å². The minimum Gasteiger partial charge on any atom is -0.200 e. The van der Waals surface area contributed by atoms with E-state index in [4.69, 9.17) is 0 Å². The van der Waals surface area contributed by atoms with Crippen molar-refractivity contribution in [3.63, 3.8) is 0 Å². The molecule has 1 atom stereocenters. The molecule has 0 amide bonds. The van der Waals surface area contributed by atoms with Crippen LogP contribution in [0.25, 0.3) is 0 Å². The minimum absolute atomic E-state index is 0.265. The fraction of sp³-hybridized carbons (Fsp3) is 0.500. The zero-order chi connectivity index (χ0) is 14.6. The van der Waals surface area contributed by atoms with Crippen LogP contribution in [0.5, 0.6) is 0 Å². The minimum atomic E-state index is -3.59. The molecule has 0 saturated heterocycles. The lowest BCUT2D eigenvalue weighted by Crippen LogP contribution is -2.22. The van der Waals surface area contributed by atoms with Crippen molar-refractivity contribution in [2.45, 2.75) is 45.9 Å². The number of hydrogen-bond donors (Lipinski definition) is 1. The highest BCUT2D eigenvalue weighted by atomic mass is 32.2. The highest BCUT2D eigenvalue weighted by Gasteiger charge is 2.16. The van der Waals surface area contributed by atoms with Gasteiger partial charge in [-0.25, -0.2) is 4.83 Å². The smallest absolute Gasteiger partial charge is 0.200 e. The highest BCUT2D eigenvalue weighted by molar-refractivity contribution is 7.89. The molecule has 0 aliphatic carbocycles. The highest BCUT2D eigenvalue weighted by Crippen LogP contribution is 2.16. The van der Waals surface area contributed by atoms with Crippen LogP contribution in [0, 0.1) is 19.8 Å². The summed E-state index contributed by atoms with van der Waals surface area (Å²) in [6.45, 7) is 9.54. The molecule has 0 unspecified atom stereocenters. The number of hydrogen-bond acceptors (Lipinski definition) is 3. The fourth-order valence-corrected chi connectivity index (χ4v) is 2.78. The maximum absolute atomic E-state index is 12.2. The topological polar surface area (TPSA) is 58.5 Å². The first-order valence-electron chi connectivity index (χ1n) is 6.41. The Morgan fingerprint density at radius 1 is 1.37 bits per heavy atom. The maximum Gasteiger partial charge on any atom is 0.276 e. The first-order valence-corrected chi connectivity index (χ1v) is 7.89. The quantitative estimate of drug-likeness (QED) is 0.666. The van der Waals surface area contributed by atoms with E-state index < -0.39 is 10.0 Å². The van der Waals surface area contributed by atoms with Gasteiger partial charge in [-0.15, -0.1) is 0 Å². The van der Waals surface area contributed by atoms with E-state index in [2.05, 4.69) is 9.93 Å². The zero-order valence-electron chi connectivity index (χ0n) is 12.2. The maximum atomic E-state index is 12.2. The predicted octanol–water partition coefficient (Wildman–Crippen LogP) is 3.00. The van der Waals surface area contributed by atoms with E-state index in [1.54, 1.807) is 19.1 Å². The molecule has 1 N–H and O–H groups in total. The number of benzene rings is 1. The second kappa shape index (κ2) is 6.19. The van der Waals surface area contributed by atoms with Crippen molar-refractivity contribution < 1.29 is 8.42 Å². The average Bonchev–Trinajstić information content (AvgIpc) is 2.37. The van der Waals surface area contributed by atoms with Crippen LogP contribution in [0.3, 0.4) is 0 Å². The molecule has 5 heteroatoms. The Kier molecular flexibility index (Phi) is 5.11. The van der Waals surface area contributed by atoms with Crippen molar-refractivity contribution in [2.24, 2.45) is 11.0 Å². The molecule has 0 aromatic heterocycles. The standard InChI is InChI=1S/C14H22N2O2S/c1-6-11(3)13(5)15-16-19(17,18)14-9-10(2)7-8-12(14)4/h7-9,11,16H,6H2,1-5H3/b15-13-/t11-/m1/s1. The molecule has 0 spiro atoms. The first kappa shape index (κ1) is 15.7. The van der Waals surface area contributed by atoms with Gasteiger partial charge in [0.15, 0.2) is 0 Å². The molecule has 1 aromatic carbocycles. The molecular weight excluding hydrogens is 260 g/mol. The van der Waals surface area contributed by atoms with Crippen molar-refractivity contribution >= 4 is 15.7 Å². The Bertz CT molecular complexity index is 577. The number of nitrogens with one attached hydrogen (secondary N) is 1. The van der Waals surface area contributed by atoms with Crippen molar-refractivity contribution in [2.75, 3.05) is 0 Å². The lowest BCUT2D eigenvalue weighted by molar-refractivity contribution is 0.583. The second-order valence-corrected chi connectivity index (χ2v) is 6.56. The summed E-state index contributed by atoms with van der Waals surface area (Å²) in [5.74, 6) is 0.265. The summed E-state index contributed by atoms with van der Waals surface area (Å²) in [7, 11) is -3.59. The summed E-state index contributed by atoms with van der Waals surface area (Å²) in [4.78, 5) is 2.60. The summed E-state index contributed by atoms with van der Waals surface area (Å²) in [5, 5.41) is 3.99. The Balaban J connectivity index is 3.03. The van der Waals surface area contributed by atoms with E-state index in [-0.39, 0.29) is 10.8 Å². The molecule has 0 bridgehead atoms. The average molecular weight is 282 g/mol. The Morgan fingerprint density at radius 3 is 2.58 bits per heavy atom. The first-order chi connectivity index (χ1) is 8.77. The molecule has 19 heavy (non-hydrogen) atoms. The lowest BCUT2D eigenvalue weighted by Gasteiger charge is -2.11. The summed E-state index contributed by atoms with van der Waals surface area (Å²) in [6.07, 6.45) is 0.931.